The molecule has 138 valence electrons. The predicted molar refractivity (Wildman–Crippen MR) is 87.7 cm³/mol. The van der Waals surface area contributed by atoms with Crippen molar-refractivity contribution in [1.82, 2.24) is 0 Å². The minimum atomic E-state index is -4.83. The van der Waals surface area contributed by atoms with Crippen LogP contribution in [0.15, 0.2) is 18.2 Å². The molecule has 4 nitrogen and oxygen atoms in total. The first kappa shape index (κ1) is 19.6. The van der Waals surface area contributed by atoms with Crippen LogP contribution in [0.4, 0.5) is 13.2 Å². The number of thioether (sulfide) groups is 1. The maximum Gasteiger partial charge on any atom is 0.450 e. The Morgan fingerprint density at radius 3 is 2.72 bits per heavy atom. The highest BCUT2D eigenvalue weighted by Gasteiger charge is 2.40. The van der Waals surface area contributed by atoms with Gasteiger partial charge in [0, 0.05) is 0 Å². The van der Waals surface area contributed by atoms with Gasteiger partial charge in [-0.3, -0.25) is 9.59 Å². The molecule has 0 aliphatic carbocycles. The van der Waals surface area contributed by atoms with Gasteiger partial charge in [0.05, 0.1) is 13.0 Å². The summed E-state index contributed by atoms with van der Waals surface area (Å²) in [7, 11) is 0. The standard InChI is InChI=1S/C17H19F3O4S/c1-3-23-16(22)15(25-2)11-5-7-13-10(8-11)4-6-12(24-13)9-14(21)17(18,19)20/h5,7-8,12,15H,3-4,6,9H2,1-2H3/t12-,15?/m1/s1. The lowest BCUT2D eigenvalue weighted by Gasteiger charge is -2.27. The third kappa shape index (κ3) is 4.90. The summed E-state index contributed by atoms with van der Waals surface area (Å²) in [6.07, 6.45) is -3.69. The maximum absolute atomic E-state index is 12.4. The molecule has 2 rings (SSSR count). The quantitative estimate of drug-likeness (QED) is 0.706. The summed E-state index contributed by atoms with van der Waals surface area (Å²) < 4.78 is 47.7. The highest BCUT2D eigenvalue weighted by Crippen LogP contribution is 2.35. The number of benzene rings is 1. The van der Waals surface area contributed by atoms with Crippen molar-refractivity contribution in [1.29, 1.82) is 0 Å². The highest BCUT2D eigenvalue weighted by atomic mass is 32.2. The molecule has 0 amide bonds. The van der Waals surface area contributed by atoms with Crippen molar-refractivity contribution in [2.45, 2.75) is 43.7 Å². The number of aryl methyl sites for hydroxylation is 1. The van der Waals surface area contributed by atoms with Crippen molar-refractivity contribution in [3.8, 4) is 5.75 Å². The molecular formula is C17H19F3O4S. The van der Waals surface area contributed by atoms with Gasteiger partial charge in [-0.15, -0.1) is 11.8 Å². The van der Waals surface area contributed by atoms with Crippen molar-refractivity contribution < 1.29 is 32.2 Å². The zero-order valence-corrected chi connectivity index (χ0v) is 14.7. The number of carbonyl (C=O) groups excluding carboxylic acids is 2. The molecule has 1 aliphatic heterocycles. The number of carbonyl (C=O) groups is 2. The van der Waals surface area contributed by atoms with Gasteiger partial charge < -0.3 is 9.47 Å². The molecule has 25 heavy (non-hydrogen) atoms. The van der Waals surface area contributed by atoms with Crippen LogP contribution in [0.25, 0.3) is 0 Å². The summed E-state index contributed by atoms with van der Waals surface area (Å²) in [5, 5.41) is -0.463. The molecular weight excluding hydrogens is 357 g/mol. The molecule has 1 heterocycles. The average Bonchev–Trinajstić information content (AvgIpc) is 2.55. The summed E-state index contributed by atoms with van der Waals surface area (Å²) in [5.41, 5.74) is 1.58. The van der Waals surface area contributed by atoms with Crippen molar-refractivity contribution in [2.24, 2.45) is 0 Å². The zero-order chi connectivity index (χ0) is 18.6. The number of rotatable bonds is 6. The Balaban J connectivity index is 2.10. The van der Waals surface area contributed by atoms with E-state index in [9.17, 15) is 22.8 Å². The van der Waals surface area contributed by atoms with Crippen LogP contribution in [-0.4, -0.2) is 36.9 Å². The average molecular weight is 376 g/mol. The van der Waals surface area contributed by atoms with E-state index in [0.29, 0.717) is 25.2 Å². The summed E-state index contributed by atoms with van der Waals surface area (Å²) in [4.78, 5) is 23.1. The second-order valence-corrected chi connectivity index (χ2v) is 6.58. The van der Waals surface area contributed by atoms with Gasteiger partial charge in [-0.1, -0.05) is 12.1 Å². The number of hydrogen-bond donors (Lipinski definition) is 0. The normalized spacial score (nSPS) is 18.0. The van der Waals surface area contributed by atoms with Crippen molar-refractivity contribution in [3.63, 3.8) is 0 Å². The molecule has 8 heteroatoms. The summed E-state index contributed by atoms with van der Waals surface area (Å²) in [5.74, 6) is -1.65. The zero-order valence-electron chi connectivity index (χ0n) is 13.9. The molecule has 1 aliphatic rings. The maximum atomic E-state index is 12.4. The van der Waals surface area contributed by atoms with E-state index in [4.69, 9.17) is 9.47 Å². The molecule has 1 unspecified atom stereocenters. The van der Waals surface area contributed by atoms with E-state index < -0.39 is 29.7 Å². The van der Waals surface area contributed by atoms with Crippen LogP contribution in [0.1, 0.15) is 36.1 Å². The Kier molecular flexibility index (Phi) is 6.37. The van der Waals surface area contributed by atoms with Gasteiger partial charge in [0.2, 0.25) is 5.78 Å². The van der Waals surface area contributed by atoms with E-state index >= 15 is 0 Å². The molecule has 0 radical (unpaired) electrons. The Hall–Kier alpha value is -1.70. The Bertz CT molecular complexity index is 645. The lowest BCUT2D eigenvalue weighted by molar-refractivity contribution is -0.172. The summed E-state index contributed by atoms with van der Waals surface area (Å²) in [6.45, 7) is 2.03. The van der Waals surface area contributed by atoms with Crippen molar-refractivity contribution >= 4 is 23.5 Å². The van der Waals surface area contributed by atoms with E-state index in [1.54, 1.807) is 25.3 Å². The second-order valence-electron chi connectivity index (χ2n) is 5.64. The number of Topliss-reactive ketones (excluding diaryl/α,β-unsaturated/α-hetero) is 1. The number of esters is 1. The smallest absolute Gasteiger partial charge is 0.450 e. The number of ether oxygens (including phenoxy) is 2. The molecule has 0 bridgehead atoms. The second kappa shape index (κ2) is 8.12. The van der Waals surface area contributed by atoms with Crippen LogP contribution in [0.2, 0.25) is 0 Å². The van der Waals surface area contributed by atoms with Crippen LogP contribution in [0.5, 0.6) is 5.75 Å². The number of hydrogen-bond acceptors (Lipinski definition) is 5. The fourth-order valence-corrected chi connectivity index (χ4v) is 3.36. The van der Waals surface area contributed by atoms with Gasteiger partial charge in [-0.2, -0.15) is 13.2 Å². The lowest BCUT2D eigenvalue weighted by atomic mass is 9.96. The van der Waals surface area contributed by atoms with Crippen molar-refractivity contribution in [2.75, 3.05) is 12.9 Å². The highest BCUT2D eigenvalue weighted by molar-refractivity contribution is 7.99. The number of ketones is 1. The fourth-order valence-electron chi connectivity index (χ4n) is 2.68. The van der Waals surface area contributed by atoms with E-state index in [2.05, 4.69) is 0 Å². The SMILES string of the molecule is CCOC(=O)C(SC)c1ccc2c(c1)CC[C@H](CC(=O)C(F)(F)F)O2. The van der Waals surface area contributed by atoms with Gasteiger partial charge in [0.25, 0.3) is 0 Å². The molecule has 0 aromatic heterocycles. The lowest BCUT2D eigenvalue weighted by Crippen LogP contribution is -2.32. The van der Waals surface area contributed by atoms with Gasteiger partial charge in [0.1, 0.15) is 17.1 Å². The number of fused-ring (bicyclic) bond motifs is 1. The monoisotopic (exact) mass is 376 g/mol. The fraction of sp³-hybridized carbons (Fsp3) is 0.529. The van der Waals surface area contributed by atoms with Crippen LogP contribution in [-0.2, 0) is 20.7 Å². The first-order chi connectivity index (χ1) is 11.8. The van der Waals surface area contributed by atoms with Crippen molar-refractivity contribution in [3.05, 3.63) is 29.3 Å². The summed E-state index contributed by atoms with van der Waals surface area (Å²) >= 11 is 1.35. The van der Waals surface area contributed by atoms with E-state index in [0.717, 1.165) is 11.1 Å². The minimum Gasteiger partial charge on any atom is -0.490 e. The number of halogens is 3. The topological polar surface area (TPSA) is 52.6 Å². The molecule has 1 aromatic rings. The largest absolute Gasteiger partial charge is 0.490 e. The molecule has 0 saturated carbocycles. The molecule has 0 spiro atoms. The van der Waals surface area contributed by atoms with E-state index in [1.807, 2.05) is 6.07 Å². The molecule has 0 fully saturated rings. The summed E-state index contributed by atoms with van der Waals surface area (Å²) in [6, 6.07) is 5.15. The predicted octanol–water partition coefficient (Wildman–Crippen LogP) is 3.87. The Morgan fingerprint density at radius 1 is 1.40 bits per heavy atom. The van der Waals surface area contributed by atoms with Gasteiger partial charge in [0.15, 0.2) is 0 Å². The van der Waals surface area contributed by atoms with Gasteiger partial charge in [-0.25, -0.2) is 0 Å². The third-order valence-corrected chi connectivity index (χ3v) is 4.82. The third-order valence-electron chi connectivity index (χ3n) is 3.88. The minimum absolute atomic E-state index is 0.291. The van der Waals surface area contributed by atoms with Crippen LogP contribution in [0.3, 0.4) is 0 Å². The molecule has 0 N–H and O–H groups in total. The Morgan fingerprint density at radius 2 is 2.12 bits per heavy atom. The molecule has 1 aromatic carbocycles. The van der Waals surface area contributed by atoms with E-state index in [1.165, 1.54) is 11.8 Å². The van der Waals surface area contributed by atoms with Gasteiger partial charge >= 0.3 is 12.1 Å². The Labute approximate surface area is 148 Å². The molecule has 2 atom stereocenters. The van der Waals surface area contributed by atoms with E-state index in [-0.39, 0.29) is 5.97 Å². The first-order valence-corrected chi connectivity index (χ1v) is 9.14. The number of alkyl halides is 3. The van der Waals surface area contributed by atoms with Crippen LogP contribution < -0.4 is 4.74 Å². The van der Waals surface area contributed by atoms with Crippen LogP contribution >= 0.6 is 11.8 Å². The van der Waals surface area contributed by atoms with Gasteiger partial charge in [-0.05, 0) is 43.2 Å². The first-order valence-electron chi connectivity index (χ1n) is 7.85. The molecule has 0 saturated heterocycles. The van der Waals surface area contributed by atoms with Crippen LogP contribution in [0, 0.1) is 0 Å².